The molecule has 0 aromatic heterocycles. The summed E-state index contributed by atoms with van der Waals surface area (Å²) in [4.78, 5) is 17.2. The van der Waals surface area contributed by atoms with Gasteiger partial charge in [-0.1, -0.05) is 18.2 Å². The number of hydrogen-bond acceptors (Lipinski definition) is 4. The Labute approximate surface area is 124 Å². The second kappa shape index (κ2) is 4.73. The van der Waals surface area contributed by atoms with Crippen LogP contribution in [0.4, 0.5) is 0 Å². The second-order valence-corrected chi connectivity index (χ2v) is 8.34. The van der Waals surface area contributed by atoms with Gasteiger partial charge in [-0.05, 0) is 44.4 Å². The molecule has 0 aromatic rings. The third kappa shape index (κ3) is 2.01. The monoisotopic (exact) mass is 294 g/mol. The largest absolute Gasteiger partial charge is 0.381 e. The van der Waals surface area contributed by atoms with Crippen LogP contribution in [0.15, 0.2) is 4.99 Å². The quantitative estimate of drug-likeness (QED) is 0.849. The van der Waals surface area contributed by atoms with Gasteiger partial charge in [-0.3, -0.25) is 9.79 Å². The van der Waals surface area contributed by atoms with E-state index in [0.29, 0.717) is 18.6 Å². The molecule has 2 bridgehead atoms. The van der Waals surface area contributed by atoms with Crippen molar-refractivity contribution in [2.45, 2.75) is 49.8 Å². The molecule has 0 spiro atoms. The van der Waals surface area contributed by atoms with Crippen molar-refractivity contribution in [1.82, 2.24) is 5.32 Å². The van der Waals surface area contributed by atoms with Crippen LogP contribution in [0.3, 0.4) is 0 Å². The zero-order valence-corrected chi connectivity index (χ0v) is 12.7. The van der Waals surface area contributed by atoms with E-state index in [0.717, 1.165) is 30.0 Å². The smallest absolute Gasteiger partial charge is 0.242 e. The molecule has 2 aliphatic carbocycles. The number of rotatable bonds is 2. The molecular weight excluding hydrogens is 272 g/mol. The van der Waals surface area contributed by atoms with Gasteiger partial charge in [-0.15, -0.1) is 0 Å². The molecule has 2 saturated heterocycles. The van der Waals surface area contributed by atoms with Crippen LogP contribution in [0.5, 0.6) is 0 Å². The van der Waals surface area contributed by atoms with Crippen molar-refractivity contribution in [1.29, 1.82) is 0 Å². The van der Waals surface area contributed by atoms with Crippen molar-refractivity contribution in [3.05, 3.63) is 0 Å². The van der Waals surface area contributed by atoms with Crippen molar-refractivity contribution in [3.8, 4) is 0 Å². The van der Waals surface area contributed by atoms with Crippen molar-refractivity contribution >= 4 is 22.8 Å². The number of amides is 1. The number of carbonyl (C=O) groups is 1. The van der Waals surface area contributed by atoms with Gasteiger partial charge in [-0.2, -0.15) is 0 Å². The predicted molar refractivity (Wildman–Crippen MR) is 79.7 cm³/mol. The Balaban J connectivity index is 1.50. The topological polar surface area (TPSA) is 50.7 Å². The van der Waals surface area contributed by atoms with Crippen LogP contribution >= 0.6 is 11.8 Å². The normalized spacial score (nSPS) is 49.2. The lowest BCUT2D eigenvalue weighted by Crippen LogP contribution is -2.40. The van der Waals surface area contributed by atoms with Gasteiger partial charge in [0.05, 0.1) is 12.6 Å². The molecule has 20 heavy (non-hydrogen) atoms. The Morgan fingerprint density at radius 1 is 1.35 bits per heavy atom. The summed E-state index contributed by atoms with van der Waals surface area (Å²) < 4.78 is 5.08. The number of carbonyl (C=O) groups excluding carboxylic acids is 1. The highest BCUT2D eigenvalue weighted by Crippen LogP contribution is 2.47. The summed E-state index contributed by atoms with van der Waals surface area (Å²) in [6.45, 7) is 3.54. The van der Waals surface area contributed by atoms with E-state index in [1.54, 1.807) is 11.8 Å². The van der Waals surface area contributed by atoms with Crippen molar-refractivity contribution in [2.75, 3.05) is 13.2 Å². The number of aliphatic imine (C=N–C) groups is 1. The maximum atomic E-state index is 12.4. The van der Waals surface area contributed by atoms with Crippen molar-refractivity contribution in [2.24, 2.45) is 22.7 Å². The summed E-state index contributed by atoms with van der Waals surface area (Å²) in [5.41, 5.74) is 0. The maximum Gasteiger partial charge on any atom is 0.242 e. The van der Waals surface area contributed by atoms with E-state index in [1.807, 2.05) is 0 Å². The molecule has 1 amide bonds. The van der Waals surface area contributed by atoms with E-state index >= 15 is 0 Å². The molecule has 1 unspecified atom stereocenters. The molecule has 5 heteroatoms. The van der Waals surface area contributed by atoms with Crippen molar-refractivity contribution < 1.29 is 9.53 Å². The van der Waals surface area contributed by atoms with E-state index in [-0.39, 0.29) is 10.7 Å². The van der Waals surface area contributed by atoms with Gasteiger partial charge in [-0.25, -0.2) is 0 Å². The third-order valence-electron chi connectivity index (χ3n) is 5.67. The first-order valence-corrected chi connectivity index (χ1v) is 8.63. The molecule has 4 nitrogen and oxygen atoms in total. The summed E-state index contributed by atoms with van der Waals surface area (Å²) in [6, 6.07) is 0.457. The van der Waals surface area contributed by atoms with E-state index in [9.17, 15) is 4.79 Å². The Morgan fingerprint density at radius 3 is 2.90 bits per heavy atom. The zero-order chi connectivity index (χ0) is 13.7. The van der Waals surface area contributed by atoms with Crippen LogP contribution in [0.25, 0.3) is 0 Å². The summed E-state index contributed by atoms with van der Waals surface area (Å²) in [7, 11) is 0. The summed E-state index contributed by atoms with van der Waals surface area (Å²) >= 11 is 1.64. The van der Waals surface area contributed by atoms with Gasteiger partial charge in [0.2, 0.25) is 5.91 Å². The molecule has 4 fully saturated rings. The van der Waals surface area contributed by atoms with E-state index < -0.39 is 0 Å². The number of ether oxygens (including phenoxy) is 1. The lowest BCUT2D eigenvalue weighted by molar-refractivity contribution is -0.122. The van der Waals surface area contributed by atoms with Gasteiger partial charge in [0, 0.05) is 12.5 Å². The second-order valence-electron chi connectivity index (χ2n) is 6.90. The SMILES string of the molecule is C[C@]1([C@@H]2CCOC2)SC(=N[C@H]2C[C@@H]3CCC2C3)NC1=O. The Kier molecular flexibility index (Phi) is 3.11. The fourth-order valence-electron chi connectivity index (χ4n) is 4.31. The highest BCUT2D eigenvalue weighted by Gasteiger charge is 2.50. The molecular formula is C15H22N2O2S. The van der Waals surface area contributed by atoms with Gasteiger partial charge in [0.1, 0.15) is 4.75 Å². The zero-order valence-electron chi connectivity index (χ0n) is 11.9. The molecule has 2 aliphatic heterocycles. The minimum absolute atomic E-state index is 0.125. The minimum Gasteiger partial charge on any atom is -0.381 e. The van der Waals surface area contributed by atoms with Crippen LogP contribution in [-0.2, 0) is 9.53 Å². The first-order chi connectivity index (χ1) is 9.65. The molecule has 1 N–H and O–H groups in total. The van der Waals surface area contributed by atoms with E-state index in [4.69, 9.17) is 9.73 Å². The van der Waals surface area contributed by atoms with Crippen LogP contribution in [0.2, 0.25) is 0 Å². The molecule has 0 radical (unpaired) electrons. The van der Waals surface area contributed by atoms with E-state index in [2.05, 4.69) is 12.2 Å². The van der Waals surface area contributed by atoms with Crippen LogP contribution in [0, 0.1) is 17.8 Å². The lowest BCUT2D eigenvalue weighted by atomic mass is 9.92. The standard InChI is InChI=1S/C15H22N2O2S/c1-15(11-4-5-19-8-11)13(18)17-14(20-15)16-12-7-9-2-3-10(12)6-9/h9-12H,2-8H2,1H3,(H,16,17,18)/t9-,10?,11-,12+,15-/m1/s1. The molecule has 4 rings (SSSR count). The summed E-state index contributed by atoms with van der Waals surface area (Å²) in [6.07, 6.45) is 6.29. The number of hydrogen-bond donors (Lipinski definition) is 1. The molecule has 2 saturated carbocycles. The highest BCUT2D eigenvalue weighted by molar-refractivity contribution is 8.16. The minimum atomic E-state index is -0.382. The van der Waals surface area contributed by atoms with Gasteiger partial charge in [0.25, 0.3) is 0 Å². The average molecular weight is 294 g/mol. The number of thioether (sulfide) groups is 1. The lowest BCUT2D eigenvalue weighted by Gasteiger charge is -2.25. The van der Waals surface area contributed by atoms with Crippen LogP contribution < -0.4 is 5.32 Å². The Morgan fingerprint density at radius 2 is 2.25 bits per heavy atom. The van der Waals surface area contributed by atoms with Crippen LogP contribution in [0.1, 0.15) is 39.0 Å². The number of nitrogens with one attached hydrogen (secondary N) is 1. The Bertz CT molecular complexity index is 461. The van der Waals surface area contributed by atoms with Crippen molar-refractivity contribution in [3.63, 3.8) is 0 Å². The molecule has 2 heterocycles. The fourth-order valence-corrected chi connectivity index (χ4v) is 5.54. The van der Waals surface area contributed by atoms with Gasteiger partial charge < -0.3 is 10.1 Å². The fraction of sp³-hybridized carbons (Fsp3) is 0.867. The molecule has 0 aromatic carbocycles. The van der Waals surface area contributed by atoms with Crippen LogP contribution in [-0.4, -0.2) is 35.1 Å². The number of nitrogens with zero attached hydrogens (tertiary/aromatic N) is 1. The average Bonchev–Trinajstić information content (AvgIpc) is 3.16. The highest BCUT2D eigenvalue weighted by atomic mass is 32.2. The molecule has 4 aliphatic rings. The van der Waals surface area contributed by atoms with E-state index in [1.165, 1.54) is 25.7 Å². The number of fused-ring (bicyclic) bond motifs is 2. The third-order valence-corrected chi connectivity index (χ3v) is 7.02. The Hall–Kier alpha value is -0.550. The number of amidine groups is 1. The van der Waals surface area contributed by atoms with Gasteiger partial charge >= 0.3 is 0 Å². The van der Waals surface area contributed by atoms with Gasteiger partial charge in [0.15, 0.2) is 5.17 Å². The summed E-state index contributed by atoms with van der Waals surface area (Å²) in [5.74, 6) is 2.11. The molecule has 5 atom stereocenters. The summed E-state index contributed by atoms with van der Waals surface area (Å²) in [5, 5.41) is 3.89. The first-order valence-electron chi connectivity index (χ1n) is 7.81. The predicted octanol–water partition coefficient (Wildman–Crippen LogP) is 2.19. The maximum absolute atomic E-state index is 12.4. The first kappa shape index (κ1) is 13.1. The molecule has 110 valence electrons.